The fourth-order valence-electron chi connectivity index (χ4n) is 2.16. The number of hydrogen-bond donors (Lipinski definition) is 1. The first-order valence-corrected chi connectivity index (χ1v) is 6.92. The largest absolute Gasteiger partial charge is 0.497 e. The minimum atomic E-state index is 0.238. The summed E-state index contributed by atoms with van der Waals surface area (Å²) in [6.07, 6.45) is 2.30. The molecular formula is C16H27NO. The summed E-state index contributed by atoms with van der Waals surface area (Å²) in [6.45, 7) is 10.1. The lowest BCUT2D eigenvalue weighted by Crippen LogP contribution is -2.34. The van der Waals surface area contributed by atoms with E-state index in [2.05, 4.69) is 51.2 Å². The molecule has 0 radical (unpaired) electrons. The van der Waals surface area contributed by atoms with E-state index in [0.29, 0.717) is 6.04 Å². The van der Waals surface area contributed by atoms with E-state index in [1.807, 2.05) is 6.07 Å². The lowest BCUT2D eigenvalue weighted by Gasteiger charge is -2.35. The number of nitrogens with one attached hydrogen (secondary N) is 1. The minimum Gasteiger partial charge on any atom is -0.497 e. The third-order valence-electron chi connectivity index (χ3n) is 3.72. The Morgan fingerprint density at radius 1 is 1.28 bits per heavy atom. The van der Waals surface area contributed by atoms with E-state index in [9.17, 15) is 0 Å². The average molecular weight is 249 g/mol. The van der Waals surface area contributed by atoms with Crippen LogP contribution in [0.25, 0.3) is 0 Å². The topological polar surface area (TPSA) is 21.3 Å². The highest BCUT2D eigenvalue weighted by Crippen LogP contribution is 2.37. The minimum absolute atomic E-state index is 0.238. The molecule has 2 heteroatoms. The summed E-state index contributed by atoms with van der Waals surface area (Å²) in [5.41, 5.74) is 1.55. The summed E-state index contributed by atoms with van der Waals surface area (Å²) in [7, 11) is 1.72. The third-order valence-corrected chi connectivity index (χ3v) is 3.72. The Hall–Kier alpha value is -1.02. The van der Waals surface area contributed by atoms with Gasteiger partial charge >= 0.3 is 0 Å². The molecule has 0 heterocycles. The second-order valence-electron chi connectivity index (χ2n) is 5.51. The summed E-state index contributed by atoms with van der Waals surface area (Å²) in [5, 5.41) is 3.67. The Balaban J connectivity index is 3.00. The molecule has 2 nitrogen and oxygen atoms in total. The molecule has 1 atom stereocenters. The molecule has 0 bridgehead atoms. The molecule has 1 aromatic carbocycles. The quantitative estimate of drug-likeness (QED) is 0.783. The summed E-state index contributed by atoms with van der Waals surface area (Å²) in [4.78, 5) is 0. The number of benzene rings is 1. The monoisotopic (exact) mass is 249 g/mol. The van der Waals surface area contributed by atoms with Crippen molar-refractivity contribution in [3.05, 3.63) is 29.8 Å². The molecule has 0 aliphatic heterocycles. The van der Waals surface area contributed by atoms with Crippen molar-refractivity contribution >= 4 is 0 Å². The fourth-order valence-corrected chi connectivity index (χ4v) is 2.16. The molecule has 0 amide bonds. The van der Waals surface area contributed by atoms with Crippen molar-refractivity contribution in [2.24, 2.45) is 5.41 Å². The molecule has 102 valence electrons. The van der Waals surface area contributed by atoms with Crippen LogP contribution in [-0.2, 0) is 0 Å². The van der Waals surface area contributed by atoms with Crippen LogP contribution < -0.4 is 10.1 Å². The van der Waals surface area contributed by atoms with Gasteiger partial charge in [0.2, 0.25) is 0 Å². The van der Waals surface area contributed by atoms with Gasteiger partial charge in [-0.1, -0.05) is 39.8 Å². The Morgan fingerprint density at radius 2 is 2.00 bits per heavy atom. The van der Waals surface area contributed by atoms with Gasteiger partial charge in [0.05, 0.1) is 7.11 Å². The molecule has 18 heavy (non-hydrogen) atoms. The van der Waals surface area contributed by atoms with Crippen LogP contribution in [-0.4, -0.2) is 13.7 Å². The highest BCUT2D eigenvalue weighted by Gasteiger charge is 2.28. The highest BCUT2D eigenvalue weighted by molar-refractivity contribution is 5.31. The van der Waals surface area contributed by atoms with Gasteiger partial charge < -0.3 is 10.1 Å². The van der Waals surface area contributed by atoms with Crippen molar-refractivity contribution in [1.29, 1.82) is 0 Å². The summed E-state index contributed by atoms with van der Waals surface area (Å²) in [5.74, 6) is 0.933. The smallest absolute Gasteiger partial charge is 0.119 e. The Morgan fingerprint density at radius 3 is 2.56 bits per heavy atom. The molecule has 1 aromatic rings. The van der Waals surface area contributed by atoms with Gasteiger partial charge in [-0.05, 0) is 42.5 Å². The Bertz CT molecular complexity index is 360. The van der Waals surface area contributed by atoms with Crippen LogP contribution in [0.1, 0.15) is 52.1 Å². The maximum atomic E-state index is 5.33. The predicted molar refractivity (Wildman–Crippen MR) is 78.1 cm³/mol. The SMILES string of the molecule is CCCNC(c1cccc(OC)c1)C(C)(C)CC. The van der Waals surface area contributed by atoms with Crippen LogP contribution >= 0.6 is 0 Å². The third kappa shape index (κ3) is 3.74. The van der Waals surface area contributed by atoms with Crippen molar-refractivity contribution in [2.75, 3.05) is 13.7 Å². The summed E-state index contributed by atoms with van der Waals surface area (Å²) >= 11 is 0. The first-order valence-electron chi connectivity index (χ1n) is 6.92. The van der Waals surface area contributed by atoms with Gasteiger partial charge in [-0.25, -0.2) is 0 Å². The zero-order valence-electron chi connectivity index (χ0n) is 12.4. The maximum Gasteiger partial charge on any atom is 0.119 e. The van der Waals surface area contributed by atoms with E-state index in [0.717, 1.165) is 25.1 Å². The number of rotatable bonds is 7. The summed E-state index contributed by atoms with van der Waals surface area (Å²) in [6, 6.07) is 8.77. The zero-order chi connectivity index (χ0) is 13.6. The van der Waals surface area contributed by atoms with Crippen molar-refractivity contribution in [2.45, 2.75) is 46.6 Å². The molecule has 1 unspecified atom stereocenters. The van der Waals surface area contributed by atoms with E-state index in [4.69, 9.17) is 4.74 Å². The number of methoxy groups -OCH3 is 1. The van der Waals surface area contributed by atoms with Gasteiger partial charge in [-0.3, -0.25) is 0 Å². The standard InChI is InChI=1S/C16H27NO/c1-6-11-17-15(16(3,4)7-2)13-9-8-10-14(12-13)18-5/h8-10,12,15,17H,6-7,11H2,1-5H3. The molecule has 0 saturated heterocycles. The predicted octanol–water partition coefficient (Wildman–Crippen LogP) is 4.17. The van der Waals surface area contributed by atoms with Crippen molar-refractivity contribution in [3.63, 3.8) is 0 Å². The lowest BCUT2D eigenvalue weighted by molar-refractivity contribution is 0.234. The molecule has 1 N–H and O–H groups in total. The van der Waals surface area contributed by atoms with E-state index in [1.165, 1.54) is 5.56 Å². The first kappa shape index (κ1) is 15.0. The zero-order valence-corrected chi connectivity index (χ0v) is 12.4. The van der Waals surface area contributed by atoms with Crippen LogP contribution in [0.5, 0.6) is 5.75 Å². The van der Waals surface area contributed by atoms with E-state index >= 15 is 0 Å². The molecule has 1 rings (SSSR count). The molecule has 0 fully saturated rings. The van der Waals surface area contributed by atoms with E-state index in [1.54, 1.807) is 7.11 Å². The van der Waals surface area contributed by atoms with Gasteiger partial charge in [0.15, 0.2) is 0 Å². The molecular weight excluding hydrogens is 222 g/mol. The van der Waals surface area contributed by atoms with Crippen LogP contribution in [0, 0.1) is 5.41 Å². The summed E-state index contributed by atoms with van der Waals surface area (Å²) < 4.78 is 5.33. The second kappa shape index (κ2) is 6.79. The molecule has 0 spiro atoms. The van der Waals surface area contributed by atoms with E-state index in [-0.39, 0.29) is 5.41 Å². The van der Waals surface area contributed by atoms with Crippen molar-refractivity contribution in [1.82, 2.24) is 5.32 Å². The van der Waals surface area contributed by atoms with Crippen LogP contribution in [0.4, 0.5) is 0 Å². The van der Waals surface area contributed by atoms with Gasteiger partial charge in [-0.2, -0.15) is 0 Å². The van der Waals surface area contributed by atoms with Gasteiger partial charge in [0.1, 0.15) is 5.75 Å². The van der Waals surface area contributed by atoms with Gasteiger partial charge in [-0.15, -0.1) is 0 Å². The Kier molecular flexibility index (Phi) is 5.67. The van der Waals surface area contributed by atoms with Crippen LogP contribution in [0.3, 0.4) is 0 Å². The first-order chi connectivity index (χ1) is 8.55. The van der Waals surface area contributed by atoms with Crippen molar-refractivity contribution < 1.29 is 4.74 Å². The highest BCUT2D eigenvalue weighted by atomic mass is 16.5. The van der Waals surface area contributed by atoms with Crippen LogP contribution in [0.2, 0.25) is 0 Å². The normalized spacial score (nSPS) is 13.4. The van der Waals surface area contributed by atoms with E-state index < -0.39 is 0 Å². The average Bonchev–Trinajstić information content (AvgIpc) is 2.39. The molecule has 0 saturated carbocycles. The van der Waals surface area contributed by atoms with Crippen LogP contribution in [0.15, 0.2) is 24.3 Å². The maximum absolute atomic E-state index is 5.33. The lowest BCUT2D eigenvalue weighted by atomic mass is 9.78. The molecule has 0 aliphatic carbocycles. The Labute approximate surface area is 112 Å². The van der Waals surface area contributed by atoms with Gasteiger partial charge in [0, 0.05) is 6.04 Å². The molecule has 0 aliphatic rings. The number of ether oxygens (including phenoxy) is 1. The van der Waals surface area contributed by atoms with Crippen molar-refractivity contribution in [3.8, 4) is 5.75 Å². The number of hydrogen-bond acceptors (Lipinski definition) is 2. The fraction of sp³-hybridized carbons (Fsp3) is 0.625. The van der Waals surface area contributed by atoms with Gasteiger partial charge in [0.25, 0.3) is 0 Å². The second-order valence-corrected chi connectivity index (χ2v) is 5.51. The molecule has 0 aromatic heterocycles.